The van der Waals surface area contributed by atoms with Crippen molar-refractivity contribution < 1.29 is 0 Å². The molecule has 5 aromatic rings. The van der Waals surface area contributed by atoms with Gasteiger partial charge in [0.25, 0.3) is 0 Å². The van der Waals surface area contributed by atoms with Gasteiger partial charge in [-0.15, -0.1) is 15.3 Å². The van der Waals surface area contributed by atoms with Crippen LogP contribution in [0.1, 0.15) is 23.7 Å². The van der Waals surface area contributed by atoms with Gasteiger partial charge in [-0.05, 0) is 74.9 Å². The normalized spacial score (nSPS) is 13.3. The maximum absolute atomic E-state index is 4.70. The van der Waals surface area contributed by atoms with Crippen molar-refractivity contribution in [3.63, 3.8) is 0 Å². The molecule has 4 aromatic carbocycles. The van der Waals surface area contributed by atoms with Gasteiger partial charge in [0.05, 0.1) is 28.5 Å². The minimum atomic E-state index is 0.733. The number of thiazole rings is 1. The molecule has 0 amide bonds. The number of nitrogens with zero attached hydrogens (tertiary/aromatic N) is 5. The van der Waals surface area contributed by atoms with E-state index in [-0.39, 0.29) is 0 Å². The van der Waals surface area contributed by atoms with Crippen LogP contribution in [0.15, 0.2) is 127 Å². The van der Waals surface area contributed by atoms with Crippen molar-refractivity contribution in [1.29, 1.82) is 0 Å². The highest BCUT2D eigenvalue weighted by molar-refractivity contribution is 7.99. The Kier molecular flexibility index (Phi) is 6.96. The fourth-order valence-corrected chi connectivity index (χ4v) is 6.12. The van der Waals surface area contributed by atoms with E-state index in [9.17, 15) is 0 Å². The third-order valence-corrected chi connectivity index (χ3v) is 8.56. The number of anilines is 2. The van der Waals surface area contributed by atoms with Gasteiger partial charge in [-0.25, -0.2) is 0 Å². The standard InChI is InChI=1S/C31H26N6S2/c1-20-13-16-24(17-14-20)34-35-30-22(3)37(25-9-5-4-6-10-25)31(39-30)36-33-21(2)23-15-18-29-27(19-23)32-26-11-7-8-12-28(26)38-29/h4-19,32H,1-3H3. The topological polar surface area (TPSA) is 66.4 Å². The molecule has 1 aliphatic rings. The van der Waals surface area contributed by atoms with Crippen LogP contribution in [0.5, 0.6) is 0 Å². The highest BCUT2D eigenvalue weighted by atomic mass is 32.2. The molecule has 192 valence electrons. The zero-order chi connectivity index (χ0) is 26.8. The monoisotopic (exact) mass is 546 g/mol. The summed E-state index contributed by atoms with van der Waals surface area (Å²) in [6, 6.07) is 32.9. The number of hydrogen-bond donors (Lipinski definition) is 1. The van der Waals surface area contributed by atoms with Gasteiger partial charge in [-0.3, -0.25) is 4.57 Å². The van der Waals surface area contributed by atoms with E-state index in [1.54, 1.807) is 11.8 Å². The number of fused-ring (bicyclic) bond motifs is 2. The van der Waals surface area contributed by atoms with Crippen molar-refractivity contribution in [1.82, 2.24) is 4.57 Å². The minimum absolute atomic E-state index is 0.733. The van der Waals surface area contributed by atoms with E-state index < -0.39 is 0 Å². The number of hydrogen-bond acceptors (Lipinski definition) is 7. The van der Waals surface area contributed by atoms with Crippen LogP contribution < -0.4 is 10.1 Å². The largest absolute Gasteiger partial charge is 0.354 e. The van der Waals surface area contributed by atoms with Crippen molar-refractivity contribution in [3.05, 3.63) is 119 Å². The molecule has 6 nitrogen and oxygen atoms in total. The van der Waals surface area contributed by atoms with Crippen LogP contribution in [0.4, 0.5) is 22.1 Å². The second-order valence-electron chi connectivity index (χ2n) is 9.20. The summed E-state index contributed by atoms with van der Waals surface area (Å²) < 4.78 is 2.08. The summed E-state index contributed by atoms with van der Waals surface area (Å²) in [7, 11) is 0. The SMILES string of the molecule is CC(=NN=c1sc(N=Nc2ccc(C)cc2)c(C)n1-c1ccccc1)c1ccc2c(c1)Nc1ccccc1S2. The molecule has 0 saturated carbocycles. The van der Waals surface area contributed by atoms with Crippen LogP contribution in [0.25, 0.3) is 5.69 Å². The molecule has 6 rings (SSSR count). The van der Waals surface area contributed by atoms with E-state index in [2.05, 4.69) is 80.7 Å². The summed E-state index contributed by atoms with van der Waals surface area (Å²) in [5.41, 5.74) is 8.02. The molecular weight excluding hydrogens is 521 g/mol. The molecule has 0 aliphatic carbocycles. The molecule has 0 unspecified atom stereocenters. The summed E-state index contributed by atoms with van der Waals surface area (Å²) in [4.78, 5) is 3.16. The number of nitrogens with one attached hydrogen (secondary N) is 1. The van der Waals surface area contributed by atoms with Crippen LogP contribution in [0, 0.1) is 13.8 Å². The van der Waals surface area contributed by atoms with Crippen molar-refractivity contribution in [2.24, 2.45) is 20.4 Å². The number of rotatable bonds is 5. The zero-order valence-corrected chi connectivity index (χ0v) is 23.4. The Morgan fingerprint density at radius 3 is 2.33 bits per heavy atom. The van der Waals surface area contributed by atoms with Crippen molar-refractivity contribution in [2.75, 3.05) is 5.32 Å². The van der Waals surface area contributed by atoms with Crippen LogP contribution in [-0.4, -0.2) is 10.3 Å². The Morgan fingerprint density at radius 2 is 1.51 bits per heavy atom. The van der Waals surface area contributed by atoms with Gasteiger partial charge in [0.2, 0.25) is 4.80 Å². The molecule has 0 atom stereocenters. The highest BCUT2D eigenvalue weighted by Gasteiger charge is 2.16. The smallest absolute Gasteiger partial charge is 0.217 e. The lowest BCUT2D eigenvalue weighted by Gasteiger charge is -2.21. The first-order chi connectivity index (χ1) is 19.0. The maximum Gasteiger partial charge on any atom is 0.217 e. The predicted molar refractivity (Wildman–Crippen MR) is 162 cm³/mol. The van der Waals surface area contributed by atoms with Gasteiger partial charge in [0, 0.05) is 15.5 Å². The summed E-state index contributed by atoms with van der Waals surface area (Å²) in [6.07, 6.45) is 0. The van der Waals surface area contributed by atoms with Crippen LogP contribution in [0.2, 0.25) is 0 Å². The van der Waals surface area contributed by atoms with E-state index in [4.69, 9.17) is 5.10 Å². The van der Waals surface area contributed by atoms with Crippen LogP contribution in [0.3, 0.4) is 0 Å². The van der Waals surface area contributed by atoms with Gasteiger partial charge in [0.15, 0.2) is 5.00 Å². The van der Waals surface area contributed by atoms with Gasteiger partial charge >= 0.3 is 0 Å². The van der Waals surface area contributed by atoms with Gasteiger partial charge in [-0.1, -0.05) is 77.2 Å². The Hall–Kier alpha value is -4.27. The minimum Gasteiger partial charge on any atom is -0.354 e. The first-order valence-corrected chi connectivity index (χ1v) is 14.2. The summed E-state index contributed by atoms with van der Waals surface area (Å²) in [6.45, 7) is 6.08. The summed E-state index contributed by atoms with van der Waals surface area (Å²) >= 11 is 3.24. The van der Waals surface area contributed by atoms with Crippen LogP contribution in [-0.2, 0) is 0 Å². The number of benzene rings is 4. The Bertz CT molecular complexity index is 1780. The fourth-order valence-electron chi connectivity index (χ4n) is 4.24. The number of para-hydroxylation sites is 2. The molecular formula is C31H26N6S2. The van der Waals surface area contributed by atoms with E-state index in [1.165, 1.54) is 26.7 Å². The first kappa shape index (κ1) is 25.0. The Labute approximate surface area is 235 Å². The molecule has 0 bridgehead atoms. The number of aromatic nitrogens is 1. The number of aryl methyl sites for hydroxylation is 1. The molecule has 2 heterocycles. The second kappa shape index (κ2) is 10.8. The third kappa shape index (κ3) is 5.34. The van der Waals surface area contributed by atoms with Crippen molar-refractivity contribution in [3.8, 4) is 5.69 Å². The van der Waals surface area contributed by atoms with Gasteiger partial charge < -0.3 is 5.32 Å². The predicted octanol–water partition coefficient (Wildman–Crippen LogP) is 9.10. The average molecular weight is 547 g/mol. The molecule has 1 aromatic heterocycles. The maximum atomic E-state index is 4.70. The van der Waals surface area contributed by atoms with E-state index in [1.807, 2.05) is 62.4 Å². The third-order valence-electron chi connectivity index (χ3n) is 6.39. The lowest BCUT2D eigenvalue weighted by Crippen LogP contribution is -2.13. The Morgan fingerprint density at radius 1 is 0.769 bits per heavy atom. The summed E-state index contributed by atoms with van der Waals surface area (Å²) in [5, 5.41) is 22.7. The molecule has 0 saturated heterocycles. The average Bonchev–Trinajstić information content (AvgIpc) is 3.29. The van der Waals surface area contributed by atoms with Crippen molar-refractivity contribution in [2.45, 2.75) is 30.6 Å². The van der Waals surface area contributed by atoms with Crippen molar-refractivity contribution >= 4 is 50.9 Å². The fraction of sp³-hybridized carbons (Fsp3) is 0.0968. The second-order valence-corrected chi connectivity index (χ2v) is 11.2. The lowest BCUT2D eigenvalue weighted by molar-refractivity contribution is 0.923. The quantitative estimate of drug-likeness (QED) is 0.133. The molecule has 0 radical (unpaired) electrons. The van der Waals surface area contributed by atoms with Gasteiger partial charge in [0.1, 0.15) is 0 Å². The molecule has 0 spiro atoms. The molecule has 1 N–H and O–H groups in total. The molecule has 0 fully saturated rings. The Balaban J connectivity index is 1.36. The molecule has 8 heteroatoms. The molecule has 39 heavy (non-hydrogen) atoms. The first-order valence-electron chi connectivity index (χ1n) is 12.6. The number of azo groups is 1. The molecule has 1 aliphatic heterocycles. The zero-order valence-electron chi connectivity index (χ0n) is 21.8. The highest BCUT2D eigenvalue weighted by Crippen LogP contribution is 2.44. The van der Waals surface area contributed by atoms with E-state index >= 15 is 0 Å². The lowest BCUT2D eigenvalue weighted by atomic mass is 10.1. The van der Waals surface area contributed by atoms with E-state index in [0.717, 1.165) is 49.5 Å². The van der Waals surface area contributed by atoms with Gasteiger partial charge in [-0.2, -0.15) is 5.10 Å². The van der Waals surface area contributed by atoms with E-state index in [0.29, 0.717) is 0 Å². The van der Waals surface area contributed by atoms with Crippen LogP contribution >= 0.6 is 23.1 Å². The summed E-state index contributed by atoms with van der Waals surface area (Å²) in [5.74, 6) is 0.